The predicted octanol–water partition coefficient (Wildman–Crippen LogP) is 1.75. The number of ether oxygens (including phenoxy) is 3. The molecule has 0 heterocycles. The minimum atomic E-state index is -0.187. The van der Waals surface area contributed by atoms with Crippen LogP contribution in [0, 0.1) is 0 Å². The van der Waals surface area contributed by atoms with Crippen molar-refractivity contribution in [2.45, 2.75) is 6.92 Å². The van der Waals surface area contributed by atoms with E-state index < -0.39 is 0 Å². The fraction of sp³-hybridized carbons (Fsp3) is 0.308. The highest BCUT2D eigenvalue weighted by Crippen LogP contribution is 2.23. The number of para-hydroxylation sites is 1. The molecule has 0 aromatic heterocycles. The van der Waals surface area contributed by atoms with Crippen LogP contribution in [0.2, 0.25) is 0 Å². The van der Waals surface area contributed by atoms with Gasteiger partial charge < -0.3 is 19.5 Å². The Balaban J connectivity index is 3.00. The number of nitrogens with one attached hydrogen (secondary N) is 1. The molecule has 0 saturated heterocycles. The molecule has 0 spiro atoms. The molecule has 0 unspecified atom stereocenters. The molecule has 0 aliphatic rings. The standard InChI is InChI=1S/C13H17NO4/c1-10(15)14-12(8-18-9-16-2)11-6-4-5-7-13(11)17-3/h4-8H,9H2,1-3H3,(H,14,15)/b12-8-. The van der Waals surface area contributed by atoms with Gasteiger partial charge in [-0.05, 0) is 12.1 Å². The molecule has 1 N–H and O–H groups in total. The molecule has 5 heteroatoms. The number of methoxy groups -OCH3 is 2. The third kappa shape index (κ3) is 4.10. The van der Waals surface area contributed by atoms with Crippen molar-refractivity contribution in [3.63, 3.8) is 0 Å². The van der Waals surface area contributed by atoms with E-state index in [1.807, 2.05) is 18.2 Å². The number of amides is 1. The minimum Gasteiger partial charge on any atom is -0.496 e. The van der Waals surface area contributed by atoms with Crippen molar-refractivity contribution in [2.75, 3.05) is 21.0 Å². The van der Waals surface area contributed by atoms with Crippen molar-refractivity contribution in [3.8, 4) is 5.75 Å². The highest BCUT2D eigenvalue weighted by molar-refractivity contribution is 5.85. The van der Waals surface area contributed by atoms with Gasteiger partial charge in [0.1, 0.15) is 12.0 Å². The molecule has 1 aromatic carbocycles. The Labute approximate surface area is 106 Å². The third-order valence-corrected chi connectivity index (χ3v) is 2.09. The van der Waals surface area contributed by atoms with Gasteiger partial charge >= 0.3 is 0 Å². The quantitative estimate of drug-likeness (QED) is 0.475. The van der Waals surface area contributed by atoms with E-state index >= 15 is 0 Å². The molecule has 0 aliphatic carbocycles. The van der Waals surface area contributed by atoms with Gasteiger partial charge in [-0.15, -0.1) is 0 Å². The Kier molecular flexibility index (Phi) is 5.73. The van der Waals surface area contributed by atoms with Crippen LogP contribution in [0.1, 0.15) is 12.5 Å². The minimum absolute atomic E-state index is 0.109. The number of benzene rings is 1. The van der Waals surface area contributed by atoms with E-state index in [2.05, 4.69) is 5.32 Å². The molecule has 0 aliphatic heterocycles. The van der Waals surface area contributed by atoms with Gasteiger partial charge in [0, 0.05) is 19.6 Å². The monoisotopic (exact) mass is 251 g/mol. The van der Waals surface area contributed by atoms with E-state index in [0.717, 1.165) is 5.56 Å². The van der Waals surface area contributed by atoms with Crippen molar-refractivity contribution in [2.24, 2.45) is 0 Å². The van der Waals surface area contributed by atoms with Gasteiger partial charge in [-0.3, -0.25) is 4.79 Å². The molecule has 1 aromatic rings. The molecular formula is C13H17NO4. The van der Waals surface area contributed by atoms with E-state index in [1.54, 1.807) is 13.2 Å². The van der Waals surface area contributed by atoms with E-state index in [-0.39, 0.29) is 12.7 Å². The zero-order chi connectivity index (χ0) is 13.4. The molecule has 98 valence electrons. The molecule has 5 nitrogen and oxygen atoms in total. The van der Waals surface area contributed by atoms with Crippen LogP contribution >= 0.6 is 0 Å². The van der Waals surface area contributed by atoms with Crippen LogP contribution in [-0.2, 0) is 14.3 Å². The summed E-state index contributed by atoms with van der Waals surface area (Å²) in [5.74, 6) is 0.465. The number of carbonyl (C=O) groups is 1. The lowest BCUT2D eigenvalue weighted by Gasteiger charge is -2.12. The van der Waals surface area contributed by atoms with Gasteiger partial charge in [0.25, 0.3) is 0 Å². The highest BCUT2D eigenvalue weighted by atomic mass is 16.7. The summed E-state index contributed by atoms with van der Waals surface area (Å²) in [7, 11) is 3.09. The molecule has 0 atom stereocenters. The topological polar surface area (TPSA) is 56.8 Å². The fourth-order valence-corrected chi connectivity index (χ4v) is 1.40. The molecule has 1 rings (SSSR count). The van der Waals surface area contributed by atoms with Gasteiger partial charge in [-0.1, -0.05) is 12.1 Å². The van der Waals surface area contributed by atoms with E-state index in [4.69, 9.17) is 14.2 Å². The highest BCUT2D eigenvalue weighted by Gasteiger charge is 2.09. The van der Waals surface area contributed by atoms with Gasteiger partial charge in [-0.2, -0.15) is 0 Å². The Morgan fingerprint density at radius 2 is 2.06 bits per heavy atom. The van der Waals surface area contributed by atoms with Crippen LogP contribution in [0.15, 0.2) is 30.5 Å². The van der Waals surface area contributed by atoms with Crippen molar-refractivity contribution in [1.29, 1.82) is 0 Å². The molecule has 0 saturated carbocycles. The smallest absolute Gasteiger partial charge is 0.221 e. The summed E-state index contributed by atoms with van der Waals surface area (Å²) in [6, 6.07) is 7.34. The lowest BCUT2D eigenvalue weighted by molar-refractivity contribution is -0.117. The first kappa shape index (κ1) is 14.1. The van der Waals surface area contributed by atoms with Crippen molar-refractivity contribution in [3.05, 3.63) is 36.1 Å². The summed E-state index contributed by atoms with van der Waals surface area (Å²) in [5.41, 5.74) is 1.27. The summed E-state index contributed by atoms with van der Waals surface area (Å²) >= 11 is 0. The molecule has 0 bridgehead atoms. The largest absolute Gasteiger partial charge is 0.496 e. The van der Waals surface area contributed by atoms with E-state index in [9.17, 15) is 4.79 Å². The van der Waals surface area contributed by atoms with Crippen molar-refractivity contribution >= 4 is 11.6 Å². The summed E-state index contributed by atoms with van der Waals surface area (Å²) in [6.07, 6.45) is 1.43. The van der Waals surface area contributed by atoms with Gasteiger partial charge in [0.05, 0.1) is 12.8 Å². The number of hydrogen-bond donors (Lipinski definition) is 1. The average molecular weight is 251 g/mol. The Hall–Kier alpha value is -2.01. The predicted molar refractivity (Wildman–Crippen MR) is 67.7 cm³/mol. The van der Waals surface area contributed by atoms with Crippen LogP contribution in [0.4, 0.5) is 0 Å². The molecular weight excluding hydrogens is 234 g/mol. The maximum Gasteiger partial charge on any atom is 0.221 e. The summed E-state index contributed by atoms with van der Waals surface area (Å²) < 4.78 is 15.2. The second-order valence-electron chi connectivity index (χ2n) is 3.49. The number of carbonyl (C=O) groups excluding carboxylic acids is 1. The normalized spacial score (nSPS) is 10.9. The first-order valence-corrected chi connectivity index (χ1v) is 5.40. The molecule has 0 fully saturated rings. The summed E-state index contributed by atoms with van der Waals surface area (Å²) in [5, 5.41) is 2.69. The second kappa shape index (κ2) is 7.34. The molecule has 18 heavy (non-hydrogen) atoms. The van der Waals surface area contributed by atoms with Gasteiger partial charge in [-0.25, -0.2) is 0 Å². The Bertz CT molecular complexity index is 429. The second-order valence-corrected chi connectivity index (χ2v) is 3.49. The Morgan fingerprint density at radius 3 is 2.67 bits per heavy atom. The fourth-order valence-electron chi connectivity index (χ4n) is 1.40. The van der Waals surface area contributed by atoms with Crippen LogP contribution in [0.3, 0.4) is 0 Å². The van der Waals surface area contributed by atoms with Crippen LogP contribution in [-0.4, -0.2) is 26.9 Å². The third-order valence-electron chi connectivity index (χ3n) is 2.09. The molecule has 0 radical (unpaired) electrons. The van der Waals surface area contributed by atoms with Gasteiger partial charge in [0.15, 0.2) is 6.79 Å². The lowest BCUT2D eigenvalue weighted by Crippen LogP contribution is -2.19. The average Bonchev–Trinajstić information content (AvgIpc) is 2.37. The van der Waals surface area contributed by atoms with Gasteiger partial charge in [0.2, 0.25) is 5.91 Å². The summed E-state index contributed by atoms with van der Waals surface area (Å²) in [4.78, 5) is 11.2. The molecule has 1 amide bonds. The zero-order valence-electron chi connectivity index (χ0n) is 10.7. The lowest BCUT2D eigenvalue weighted by atomic mass is 10.1. The summed E-state index contributed by atoms with van der Waals surface area (Å²) in [6.45, 7) is 1.54. The van der Waals surface area contributed by atoms with Crippen molar-refractivity contribution in [1.82, 2.24) is 5.32 Å². The maximum absolute atomic E-state index is 11.2. The first-order valence-electron chi connectivity index (χ1n) is 5.40. The van der Waals surface area contributed by atoms with E-state index in [0.29, 0.717) is 11.4 Å². The zero-order valence-corrected chi connectivity index (χ0v) is 10.7. The van der Waals surface area contributed by atoms with E-state index in [1.165, 1.54) is 20.3 Å². The van der Waals surface area contributed by atoms with Crippen LogP contribution in [0.5, 0.6) is 5.75 Å². The maximum atomic E-state index is 11.2. The number of hydrogen-bond acceptors (Lipinski definition) is 4. The first-order chi connectivity index (χ1) is 8.69. The van der Waals surface area contributed by atoms with Crippen LogP contribution in [0.25, 0.3) is 5.70 Å². The van der Waals surface area contributed by atoms with Crippen molar-refractivity contribution < 1.29 is 19.0 Å². The number of rotatable bonds is 6. The SMILES string of the molecule is COCO/C=C(\NC(C)=O)c1ccccc1OC. The Morgan fingerprint density at radius 1 is 1.33 bits per heavy atom. The van der Waals surface area contributed by atoms with Crippen LogP contribution < -0.4 is 10.1 Å².